The van der Waals surface area contributed by atoms with E-state index in [0.29, 0.717) is 0 Å². The zero-order chi connectivity index (χ0) is 13.8. The zero-order valence-corrected chi connectivity index (χ0v) is 11.9. The van der Waals surface area contributed by atoms with Gasteiger partial charge in [-0.15, -0.1) is 0 Å². The van der Waals surface area contributed by atoms with E-state index in [1.54, 1.807) is 0 Å². The normalized spacial score (nSPS) is 12.7. The molecule has 0 bridgehead atoms. The van der Waals surface area contributed by atoms with E-state index in [-0.39, 0.29) is 6.04 Å². The van der Waals surface area contributed by atoms with Crippen molar-refractivity contribution in [2.75, 3.05) is 14.1 Å². The van der Waals surface area contributed by atoms with Gasteiger partial charge in [0.05, 0.1) is 0 Å². The molecule has 0 aliphatic carbocycles. The summed E-state index contributed by atoms with van der Waals surface area (Å²) in [5.74, 6) is 0. The monoisotopic (exact) mass is 254 g/mol. The third kappa shape index (κ3) is 3.66. The Morgan fingerprint density at radius 1 is 0.895 bits per heavy atom. The summed E-state index contributed by atoms with van der Waals surface area (Å²) in [4.78, 5) is 2.17. The number of rotatable bonds is 4. The van der Waals surface area contributed by atoms with Gasteiger partial charge < -0.3 is 10.6 Å². The van der Waals surface area contributed by atoms with Gasteiger partial charge in [0.1, 0.15) is 0 Å². The number of hydrogen-bond donors (Lipinski definition) is 1. The second kappa shape index (κ2) is 6.00. The number of benzene rings is 2. The second-order valence-corrected chi connectivity index (χ2v) is 5.35. The molecule has 100 valence electrons. The summed E-state index contributed by atoms with van der Waals surface area (Å²) in [7, 11) is 4.17. The van der Waals surface area contributed by atoms with E-state index >= 15 is 0 Å². The lowest BCUT2D eigenvalue weighted by Crippen LogP contribution is -2.10. The fraction of sp³-hybridized carbons (Fsp3) is 0.294. The Morgan fingerprint density at radius 3 is 1.79 bits per heavy atom. The number of nitrogens with two attached hydrogens (primary N) is 1. The molecule has 1 atom stereocenters. The minimum absolute atomic E-state index is 0.0940. The average Bonchev–Trinajstić information content (AvgIpc) is 2.39. The molecule has 0 saturated carbocycles. The van der Waals surface area contributed by atoms with Crippen molar-refractivity contribution < 1.29 is 0 Å². The Bertz CT molecular complexity index is 510. The van der Waals surface area contributed by atoms with E-state index in [4.69, 9.17) is 5.73 Å². The summed E-state index contributed by atoms with van der Waals surface area (Å²) in [6, 6.07) is 17.3. The molecule has 0 aliphatic heterocycles. The van der Waals surface area contributed by atoms with Crippen molar-refractivity contribution in [3.63, 3.8) is 0 Å². The van der Waals surface area contributed by atoms with Gasteiger partial charge in [0.2, 0.25) is 0 Å². The molecular formula is C17H22N2. The molecule has 0 fully saturated rings. The molecule has 2 heteroatoms. The van der Waals surface area contributed by atoms with Gasteiger partial charge in [0.25, 0.3) is 0 Å². The molecule has 0 spiro atoms. The second-order valence-electron chi connectivity index (χ2n) is 5.35. The third-order valence-electron chi connectivity index (χ3n) is 3.22. The van der Waals surface area contributed by atoms with Crippen molar-refractivity contribution in [1.29, 1.82) is 0 Å². The van der Waals surface area contributed by atoms with Gasteiger partial charge in [-0.2, -0.15) is 0 Å². The molecule has 1 unspecified atom stereocenters. The van der Waals surface area contributed by atoms with Crippen molar-refractivity contribution in [3.05, 3.63) is 59.7 Å². The summed E-state index contributed by atoms with van der Waals surface area (Å²) >= 11 is 0. The first-order valence-corrected chi connectivity index (χ1v) is 6.66. The Balaban J connectivity index is 2.17. The van der Waals surface area contributed by atoms with Crippen LogP contribution in [0.1, 0.15) is 24.1 Å². The Morgan fingerprint density at radius 2 is 1.37 bits per heavy atom. The van der Waals surface area contributed by atoms with E-state index in [0.717, 1.165) is 6.54 Å². The van der Waals surface area contributed by atoms with Crippen LogP contribution in [0.4, 0.5) is 0 Å². The molecule has 0 heterocycles. The predicted octanol–water partition coefficient (Wildman–Crippen LogP) is 3.43. The summed E-state index contributed by atoms with van der Waals surface area (Å²) < 4.78 is 0. The first kappa shape index (κ1) is 13.8. The van der Waals surface area contributed by atoms with Crippen molar-refractivity contribution in [3.8, 4) is 11.1 Å². The van der Waals surface area contributed by atoms with Crippen molar-refractivity contribution >= 4 is 0 Å². The first-order valence-electron chi connectivity index (χ1n) is 6.66. The Labute approximate surface area is 115 Å². The van der Waals surface area contributed by atoms with Crippen LogP contribution in [-0.2, 0) is 6.54 Å². The van der Waals surface area contributed by atoms with Gasteiger partial charge >= 0.3 is 0 Å². The van der Waals surface area contributed by atoms with E-state index in [1.807, 2.05) is 6.92 Å². The highest BCUT2D eigenvalue weighted by molar-refractivity contribution is 5.64. The highest BCUT2D eigenvalue weighted by Gasteiger charge is 2.02. The van der Waals surface area contributed by atoms with Gasteiger partial charge in [-0.1, -0.05) is 48.5 Å². The van der Waals surface area contributed by atoms with Crippen LogP contribution < -0.4 is 5.73 Å². The Kier molecular flexibility index (Phi) is 4.35. The first-order chi connectivity index (χ1) is 9.06. The van der Waals surface area contributed by atoms with Crippen LogP contribution in [0.3, 0.4) is 0 Å². The summed E-state index contributed by atoms with van der Waals surface area (Å²) in [6.45, 7) is 2.98. The van der Waals surface area contributed by atoms with Gasteiger partial charge in [-0.3, -0.25) is 0 Å². The van der Waals surface area contributed by atoms with Crippen LogP contribution in [0, 0.1) is 0 Å². The number of hydrogen-bond acceptors (Lipinski definition) is 2. The molecule has 0 aromatic heterocycles. The molecule has 0 aliphatic rings. The van der Waals surface area contributed by atoms with Crippen LogP contribution in [0.2, 0.25) is 0 Å². The fourth-order valence-corrected chi connectivity index (χ4v) is 2.15. The molecule has 19 heavy (non-hydrogen) atoms. The quantitative estimate of drug-likeness (QED) is 0.905. The molecule has 2 rings (SSSR count). The lowest BCUT2D eigenvalue weighted by molar-refractivity contribution is 0.402. The zero-order valence-electron chi connectivity index (χ0n) is 11.9. The standard InChI is InChI=1S/C17H22N2/c1-13(18)15-8-10-17(11-9-15)16-6-4-14(5-7-16)12-19(2)3/h4-11,13H,12,18H2,1-3H3. The molecule has 0 radical (unpaired) electrons. The maximum atomic E-state index is 5.86. The largest absolute Gasteiger partial charge is 0.324 e. The molecular weight excluding hydrogens is 232 g/mol. The maximum absolute atomic E-state index is 5.86. The van der Waals surface area contributed by atoms with Gasteiger partial charge in [-0.25, -0.2) is 0 Å². The highest BCUT2D eigenvalue weighted by Crippen LogP contribution is 2.22. The van der Waals surface area contributed by atoms with Crippen molar-refractivity contribution in [2.24, 2.45) is 5.73 Å². The van der Waals surface area contributed by atoms with Gasteiger partial charge in [-0.05, 0) is 43.3 Å². The molecule has 2 N–H and O–H groups in total. The van der Waals surface area contributed by atoms with Crippen LogP contribution in [0.25, 0.3) is 11.1 Å². The number of nitrogens with zero attached hydrogens (tertiary/aromatic N) is 1. The van der Waals surface area contributed by atoms with E-state index < -0.39 is 0 Å². The van der Waals surface area contributed by atoms with Crippen LogP contribution >= 0.6 is 0 Å². The molecule has 2 aromatic rings. The third-order valence-corrected chi connectivity index (χ3v) is 3.22. The van der Waals surface area contributed by atoms with Crippen LogP contribution in [-0.4, -0.2) is 19.0 Å². The maximum Gasteiger partial charge on any atom is 0.0266 e. The van der Waals surface area contributed by atoms with E-state index in [1.165, 1.54) is 22.3 Å². The molecule has 2 aromatic carbocycles. The molecule has 0 amide bonds. The predicted molar refractivity (Wildman–Crippen MR) is 81.9 cm³/mol. The van der Waals surface area contributed by atoms with Crippen LogP contribution in [0.5, 0.6) is 0 Å². The van der Waals surface area contributed by atoms with Crippen molar-refractivity contribution in [2.45, 2.75) is 19.5 Å². The minimum Gasteiger partial charge on any atom is -0.324 e. The van der Waals surface area contributed by atoms with E-state index in [2.05, 4.69) is 67.5 Å². The van der Waals surface area contributed by atoms with Gasteiger partial charge in [0, 0.05) is 12.6 Å². The SMILES string of the molecule is CC(N)c1ccc(-c2ccc(CN(C)C)cc2)cc1. The molecule has 0 saturated heterocycles. The average molecular weight is 254 g/mol. The fourth-order valence-electron chi connectivity index (χ4n) is 2.15. The summed E-state index contributed by atoms with van der Waals surface area (Å²) in [5.41, 5.74) is 10.9. The topological polar surface area (TPSA) is 29.3 Å². The summed E-state index contributed by atoms with van der Waals surface area (Å²) in [6.07, 6.45) is 0. The molecule has 2 nitrogen and oxygen atoms in total. The minimum atomic E-state index is 0.0940. The smallest absolute Gasteiger partial charge is 0.0266 e. The van der Waals surface area contributed by atoms with E-state index in [9.17, 15) is 0 Å². The Hall–Kier alpha value is -1.64. The van der Waals surface area contributed by atoms with Crippen LogP contribution in [0.15, 0.2) is 48.5 Å². The summed E-state index contributed by atoms with van der Waals surface area (Å²) in [5, 5.41) is 0. The lowest BCUT2D eigenvalue weighted by atomic mass is 10.0. The van der Waals surface area contributed by atoms with Crippen molar-refractivity contribution in [1.82, 2.24) is 4.90 Å². The lowest BCUT2D eigenvalue weighted by Gasteiger charge is -2.11. The van der Waals surface area contributed by atoms with Gasteiger partial charge in [0.15, 0.2) is 0 Å². The highest BCUT2D eigenvalue weighted by atomic mass is 15.0.